The number of urea groups is 1. The molecule has 1 heterocycles. The molecule has 0 aliphatic carbocycles. The third-order valence-corrected chi connectivity index (χ3v) is 4.62. The number of amides is 2. The maximum atomic E-state index is 12.1. The molecule has 0 saturated carbocycles. The zero-order valence-electron chi connectivity index (χ0n) is 16.5. The molecule has 1 aliphatic heterocycles. The van der Waals surface area contributed by atoms with Crippen molar-refractivity contribution in [2.75, 3.05) is 17.2 Å². The van der Waals surface area contributed by atoms with E-state index < -0.39 is 5.41 Å². The Labute approximate surface area is 165 Å². The first-order valence-electron chi connectivity index (χ1n) is 9.49. The van der Waals surface area contributed by atoms with Crippen molar-refractivity contribution in [1.29, 1.82) is 0 Å². The summed E-state index contributed by atoms with van der Waals surface area (Å²) in [6, 6.07) is 16.8. The van der Waals surface area contributed by atoms with E-state index in [2.05, 4.69) is 16.0 Å². The van der Waals surface area contributed by atoms with Crippen LogP contribution in [-0.4, -0.2) is 24.8 Å². The van der Waals surface area contributed by atoms with Gasteiger partial charge >= 0.3 is 12.0 Å². The van der Waals surface area contributed by atoms with Crippen LogP contribution in [0.5, 0.6) is 0 Å². The molecule has 28 heavy (non-hydrogen) atoms. The summed E-state index contributed by atoms with van der Waals surface area (Å²) in [7, 11) is 0. The SMILES string of the molecule is CC(C)(C)C(=O)OC1CC(c2ccc(NC(=O)Nc3ccccc3)cc2)CN1. The third kappa shape index (κ3) is 5.33. The summed E-state index contributed by atoms with van der Waals surface area (Å²) in [5, 5.41) is 8.87. The minimum Gasteiger partial charge on any atom is -0.446 e. The smallest absolute Gasteiger partial charge is 0.323 e. The second-order valence-electron chi connectivity index (χ2n) is 8.05. The third-order valence-electron chi connectivity index (χ3n) is 4.62. The van der Waals surface area contributed by atoms with Crippen LogP contribution in [0, 0.1) is 5.41 Å². The fourth-order valence-corrected chi connectivity index (χ4v) is 3.00. The van der Waals surface area contributed by atoms with E-state index in [9.17, 15) is 9.59 Å². The van der Waals surface area contributed by atoms with Crippen molar-refractivity contribution in [3.8, 4) is 0 Å². The summed E-state index contributed by atoms with van der Waals surface area (Å²) < 4.78 is 5.55. The topological polar surface area (TPSA) is 79.5 Å². The lowest BCUT2D eigenvalue weighted by Crippen LogP contribution is -2.33. The van der Waals surface area contributed by atoms with Crippen molar-refractivity contribution >= 4 is 23.4 Å². The maximum absolute atomic E-state index is 12.1. The molecule has 1 aliphatic rings. The van der Waals surface area contributed by atoms with Gasteiger partial charge in [0.2, 0.25) is 0 Å². The summed E-state index contributed by atoms with van der Waals surface area (Å²) in [6.45, 7) is 6.30. The zero-order chi connectivity index (χ0) is 20.1. The highest BCUT2D eigenvalue weighted by molar-refractivity contribution is 5.99. The number of carbonyl (C=O) groups is 2. The Balaban J connectivity index is 1.52. The molecular weight excluding hydrogens is 354 g/mol. The van der Waals surface area contributed by atoms with Crippen molar-refractivity contribution in [2.45, 2.75) is 39.3 Å². The summed E-state index contributed by atoms with van der Waals surface area (Å²) in [5.41, 5.74) is 2.10. The predicted molar refractivity (Wildman–Crippen MR) is 110 cm³/mol. The number of hydrogen-bond donors (Lipinski definition) is 3. The molecule has 2 atom stereocenters. The molecule has 1 saturated heterocycles. The van der Waals surface area contributed by atoms with E-state index in [1.807, 2.05) is 75.4 Å². The Hall–Kier alpha value is -2.86. The molecule has 0 aromatic heterocycles. The van der Waals surface area contributed by atoms with Crippen LogP contribution in [0.3, 0.4) is 0 Å². The zero-order valence-corrected chi connectivity index (χ0v) is 16.5. The number of esters is 1. The van der Waals surface area contributed by atoms with Gasteiger partial charge in [0.25, 0.3) is 0 Å². The monoisotopic (exact) mass is 381 g/mol. The first-order valence-corrected chi connectivity index (χ1v) is 9.49. The number of benzene rings is 2. The Kier molecular flexibility index (Phi) is 5.99. The summed E-state index contributed by atoms with van der Waals surface area (Å²) in [4.78, 5) is 24.1. The van der Waals surface area contributed by atoms with Crippen molar-refractivity contribution in [1.82, 2.24) is 5.32 Å². The van der Waals surface area contributed by atoms with Crippen LogP contribution in [0.2, 0.25) is 0 Å². The van der Waals surface area contributed by atoms with E-state index in [1.54, 1.807) is 0 Å². The number of para-hydroxylation sites is 1. The second-order valence-corrected chi connectivity index (χ2v) is 8.05. The van der Waals surface area contributed by atoms with Crippen LogP contribution < -0.4 is 16.0 Å². The molecule has 0 bridgehead atoms. The molecule has 3 N–H and O–H groups in total. The van der Waals surface area contributed by atoms with Gasteiger partial charge in [0, 0.05) is 30.3 Å². The van der Waals surface area contributed by atoms with E-state index in [0.29, 0.717) is 0 Å². The summed E-state index contributed by atoms with van der Waals surface area (Å²) >= 11 is 0. The van der Waals surface area contributed by atoms with E-state index in [-0.39, 0.29) is 24.1 Å². The lowest BCUT2D eigenvalue weighted by molar-refractivity contribution is -0.159. The highest BCUT2D eigenvalue weighted by atomic mass is 16.6. The van der Waals surface area contributed by atoms with Gasteiger partial charge in [-0.1, -0.05) is 30.3 Å². The number of carbonyl (C=O) groups excluding carboxylic acids is 2. The molecule has 3 rings (SSSR count). The maximum Gasteiger partial charge on any atom is 0.323 e. The number of rotatable bonds is 4. The molecule has 0 radical (unpaired) electrons. The molecule has 148 valence electrons. The van der Waals surface area contributed by atoms with Crippen molar-refractivity contribution in [3.05, 3.63) is 60.2 Å². The number of nitrogens with one attached hydrogen (secondary N) is 3. The molecule has 2 unspecified atom stereocenters. The largest absolute Gasteiger partial charge is 0.446 e. The Morgan fingerprint density at radius 2 is 1.57 bits per heavy atom. The van der Waals surface area contributed by atoms with Gasteiger partial charge in [0.15, 0.2) is 6.23 Å². The number of ether oxygens (including phenoxy) is 1. The molecule has 6 nitrogen and oxygen atoms in total. The predicted octanol–water partition coefficient (Wildman–Crippen LogP) is 4.32. The van der Waals surface area contributed by atoms with E-state index in [0.717, 1.165) is 29.9 Å². The fraction of sp³-hybridized carbons (Fsp3) is 0.364. The molecule has 2 aromatic rings. The molecule has 1 fully saturated rings. The van der Waals surface area contributed by atoms with Gasteiger partial charge in [-0.05, 0) is 50.6 Å². The highest BCUT2D eigenvalue weighted by Gasteiger charge is 2.31. The normalized spacial score (nSPS) is 19.1. The quantitative estimate of drug-likeness (QED) is 0.689. The van der Waals surface area contributed by atoms with Gasteiger partial charge in [-0.3, -0.25) is 10.1 Å². The average Bonchev–Trinajstić information content (AvgIpc) is 3.11. The minimum absolute atomic E-state index is 0.199. The minimum atomic E-state index is -0.507. The van der Waals surface area contributed by atoms with Gasteiger partial charge in [-0.25, -0.2) is 4.79 Å². The van der Waals surface area contributed by atoms with Gasteiger partial charge < -0.3 is 15.4 Å². The molecule has 2 aromatic carbocycles. The van der Waals surface area contributed by atoms with Gasteiger partial charge in [0.05, 0.1) is 5.41 Å². The Bertz CT molecular complexity index is 813. The Morgan fingerprint density at radius 1 is 0.964 bits per heavy atom. The molecule has 0 spiro atoms. The molecular formula is C22H27N3O3. The van der Waals surface area contributed by atoms with Crippen LogP contribution in [0.15, 0.2) is 54.6 Å². The van der Waals surface area contributed by atoms with E-state index >= 15 is 0 Å². The van der Waals surface area contributed by atoms with Crippen LogP contribution in [0.25, 0.3) is 0 Å². The van der Waals surface area contributed by atoms with E-state index in [4.69, 9.17) is 4.74 Å². The second kappa shape index (κ2) is 8.44. The van der Waals surface area contributed by atoms with Gasteiger partial charge in [0.1, 0.15) is 0 Å². The first-order chi connectivity index (χ1) is 13.3. The van der Waals surface area contributed by atoms with Gasteiger partial charge in [-0.15, -0.1) is 0 Å². The average molecular weight is 381 g/mol. The first kappa shape index (κ1) is 19.9. The number of anilines is 2. The fourth-order valence-electron chi connectivity index (χ4n) is 3.00. The van der Waals surface area contributed by atoms with E-state index in [1.165, 1.54) is 0 Å². The molecule has 6 heteroatoms. The van der Waals surface area contributed by atoms with Crippen LogP contribution in [-0.2, 0) is 9.53 Å². The Morgan fingerprint density at radius 3 is 2.18 bits per heavy atom. The summed E-state index contributed by atoms with van der Waals surface area (Å²) in [5.74, 6) is 0.0691. The van der Waals surface area contributed by atoms with Gasteiger partial charge in [-0.2, -0.15) is 0 Å². The van der Waals surface area contributed by atoms with Crippen LogP contribution in [0.4, 0.5) is 16.2 Å². The van der Waals surface area contributed by atoms with Crippen molar-refractivity contribution in [3.63, 3.8) is 0 Å². The van der Waals surface area contributed by atoms with Crippen molar-refractivity contribution in [2.24, 2.45) is 5.41 Å². The lowest BCUT2D eigenvalue weighted by Gasteiger charge is -2.20. The standard InChI is InChI=1S/C22H27N3O3/c1-22(2,3)20(26)28-19-13-16(14-23-19)15-9-11-18(12-10-15)25-21(27)24-17-7-5-4-6-8-17/h4-12,16,19,23H,13-14H2,1-3H3,(H2,24,25,27). The van der Waals surface area contributed by atoms with Crippen LogP contribution >= 0.6 is 0 Å². The lowest BCUT2D eigenvalue weighted by atomic mass is 9.96. The summed E-state index contributed by atoms with van der Waals surface area (Å²) in [6.07, 6.45) is 0.481. The van der Waals surface area contributed by atoms with Crippen LogP contribution in [0.1, 0.15) is 38.7 Å². The molecule has 2 amide bonds. The number of hydrogen-bond acceptors (Lipinski definition) is 4. The van der Waals surface area contributed by atoms with Crippen molar-refractivity contribution < 1.29 is 14.3 Å². The highest BCUT2D eigenvalue weighted by Crippen LogP contribution is 2.28.